The summed E-state index contributed by atoms with van der Waals surface area (Å²) in [5.74, 6) is 1.45. The highest BCUT2D eigenvalue weighted by Crippen LogP contribution is 2.39. The smallest absolute Gasteiger partial charge is 0.332 e. The normalized spacial score (nSPS) is 20.3. The average Bonchev–Trinajstić information content (AvgIpc) is 3.35. The molecule has 0 N–H and O–H groups in total. The summed E-state index contributed by atoms with van der Waals surface area (Å²) in [5.41, 5.74) is 0.859. The second kappa shape index (κ2) is 7.77. The van der Waals surface area contributed by atoms with Crippen molar-refractivity contribution in [2.75, 3.05) is 20.2 Å². The molecule has 0 unspecified atom stereocenters. The molecular weight excluding hydrogens is 394 g/mol. The molecule has 1 aromatic carbocycles. The van der Waals surface area contributed by atoms with Crippen LogP contribution in [0.5, 0.6) is 5.75 Å². The molecule has 5 rings (SSSR count). The van der Waals surface area contributed by atoms with Crippen LogP contribution >= 0.6 is 0 Å². The third kappa shape index (κ3) is 3.79. The Labute approximate surface area is 179 Å². The van der Waals surface area contributed by atoms with Crippen molar-refractivity contribution in [3.05, 3.63) is 86.5 Å². The molecule has 1 saturated heterocycles. The van der Waals surface area contributed by atoms with E-state index in [1.807, 2.05) is 48.7 Å². The second-order valence-corrected chi connectivity index (χ2v) is 8.58. The first-order valence-corrected chi connectivity index (χ1v) is 10.5. The van der Waals surface area contributed by atoms with E-state index in [4.69, 9.17) is 4.74 Å². The van der Waals surface area contributed by atoms with E-state index in [-0.39, 0.29) is 12.0 Å². The number of nitrogens with zero attached hydrogens (tertiary/aromatic N) is 5. The molecule has 2 aliphatic heterocycles. The van der Waals surface area contributed by atoms with Crippen molar-refractivity contribution in [2.24, 2.45) is 5.41 Å². The quantitative estimate of drug-likeness (QED) is 0.580. The fraction of sp³-hybridized carbons (Fsp3) is 0.391. The van der Waals surface area contributed by atoms with Gasteiger partial charge in [-0.15, -0.1) is 0 Å². The summed E-state index contributed by atoms with van der Waals surface area (Å²) in [4.78, 5) is 32.3. The Bertz CT molecular complexity index is 1200. The third-order valence-electron chi connectivity index (χ3n) is 6.36. The summed E-state index contributed by atoms with van der Waals surface area (Å²) in [5, 5.41) is 4.58. The minimum absolute atomic E-state index is 0.0420. The predicted octanol–water partition coefficient (Wildman–Crippen LogP) is 1.31. The first kappa shape index (κ1) is 19.7. The fourth-order valence-corrected chi connectivity index (χ4v) is 4.77. The Kier molecular flexibility index (Phi) is 4.94. The molecule has 0 aliphatic carbocycles. The number of rotatable bonds is 5. The number of aromatic nitrogens is 4. The molecule has 1 fully saturated rings. The first-order chi connectivity index (χ1) is 15.0. The van der Waals surface area contributed by atoms with Gasteiger partial charge in [0, 0.05) is 37.7 Å². The molecule has 3 aromatic rings. The van der Waals surface area contributed by atoms with Crippen molar-refractivity contribution in [3.8, 4) is 5.75 Å². The van der Waals surface area contributed by atoms with Crippen molar-refractivity contribution in [1.29, 1.82) is 0 Å². The number of pyridine rings is 1. The summed E-state index contributed by atoms with van der Waals surface area (Å²) in [7, 11) is 1.61. The topological polar surface area (TPSA) is 82.2 Å². The molecule has 8 nitrogen and oxygen atoms in total. The van der Waals surface area contributed by atoms with Crippen molar-refractivity contribution < 1.29 is 4.74 Å². The molecule has 2 aromatic heterocycles. The SMILES string of the molecule is COc1ccc(Cn2nc3n(c(=O)c2=O)C[C@@]2(CCN(Cc4ccccn4)C2)C3)cc1. The molecule has 2 aliphatic rings. The van der Waals surface area contributed by atoms with Gasteiger partial charge in [0.05, 0.1) is 19.3 Å². The second-order valence-electron chi connectivity index (χ2n) is 8.58. The van der Waals surface area contributed by atoms with Crippen LogP contribution in [0.25, 0.3) is 0 Å². The highest BCUT2D eigenvalue weighted by atomic mass is 16.5. The molecule has 0 bridgehead atoms. The van der Waals surface area contributed by atoms with E-state index >= 15 is 0 Å². The largest absolute Gasteiger partial charge is 0.497 e. The molecule has 0 amide bonds. The number of benzene rings is 1. The van der Waals surface area contributed by atoms with Gasteiger partial charge in [-0.3, -0.25) is 24.0 Å². The third-order valence-corrected chi connectivity index (χ3v) is 6.36. The van der Waals surface area contributed by atoms with Crippen LogP contribution in [0.3, 0.4) is 0 Å². The number of hydrogen-bond acceptors (Lipinski definition) is 6. The maximum atomic E-state index is 12.8. The predicted molar refractivity (Wildman–Crippen MR) is 115 cm³/mol. The number of fused-ring (bicyclic) bond motifs is 1. The van der Waals surface area contributed by atoms with Crippen molar-refractivity contribution in [2.45, 2.75) is 32.5 Å². The van der Waals surface area contributed by atoms with Crippen LogP contribution in [-0.2, 0) is 26.1 Å². The maximum absolute atomic E-state index is 12.8. The maximum Gasteiger partial charge on any atom is 0.332 e. The lowest BCUT2D eigenvalue weighted by molar-refractivity contribution is 0.245. The van der Waals surface area contributed by atoms with Crippen molar-refractivity contribution in [1.82, 2.24) is 24.2 Å². The Morgan fingerprint density at radius 2 is 1.87 bits per heavy atom. The van der Waals surface area contributed by atoms with Gasteiger partial charge in [0.2, 0.25) is 0 Å². The van der Waals surface area contributed by atoms with Crippen LogP contribution in [0.2, 0.25) is 0 Å². The van der Waals surface area contributed by atoms with Crippen molar-refractivity contribution >= 4 is 0 Å². The molecular formula is C23H25N5O3. The highest BCUT2D eigenvalue weighted by molar-refractivity contribution is 5.27. The monoisotopic (exact) mass is 419 g/mol. The summed E-state index contributed by atoms with van der Waals surface area (Å²) >= 11 is 0. The molecule has 1 atom stereocenters. The Balaban J connectivity index is 1.35. The van der Waals surface area contributed by atoms with Crippen LogP contribution < -0.4 is 15.9 Å². The Morgan fingerprint density at radius 1 is 1.03 bits per heavy atom. The lowest BCUT2D eigenvalue weighted by atomic mass is 9.86. The van der Waals surface area contributed by atoms with Crippen molar-refractivity contribution in [3.63, 3.8) is 0 Å². The van der Waals surface area contributed by atoms with E-state index in [2.05, 4.69) is 15.0 Å². The zero-order valence-corrected chi connectivity index (χ0v) is 17.5. The van der Waals surface area contributed by atoms with Gasteiger partial charge in [-0.05, 0) is 42.8 Å². The number of methoxy groups -OCH3 is 1. The first-order valence-electron chi connectivity index (χ1n) is 10.5. The summed E-state index contributed by atoms with van der Waals surface area (Å²) in [6.45, 7) is 3.45. The Morgan fingerprint density at radius 3 is 2.61 bits per heavy atom. The lowest BCUT2D eigenvalue weighted by Crippen LogP contribution is -2.43. The van der Waals surface area contributed by atoms with Gasteiger partial charge in [0.1, 0.15) is 11.6 Å². The standard InChI is InChI=1S/C23H25N5O3/c1-31-19-7-5-17(6-8-19)13-28-22(30)21(29)27-16-23(12-20(27)25-28)9-11-26(15-23)14-18-4-2-3-10-24-18/h2-8,10H,9,11-16H2,1H3/t23-/m0/s1. The van der Waals surface area contributed by atoms with Gasteiger partial charge in [-0.25, -0.2) is 4.68 Å². The van der Waals surface area contributed by atoms with E-state index in [1.54, 1.807) is 11.7 Å². The van der Waals surface area contributed by atoms with Crippen LogP contribution in [0.15, 0.2) is 58.3 Å². The van der Waals surface area contributed by atoms with E-state index in [0.717, 1.165) is 43.1 Å². The number of hydrogen-bond donors (Lipinski definition) is 0. The molecule has 4 heterocycles. The van der Waals surface area contributed by atoms with Crippen LogP contribution in [-0.4, -0.2) is 44.4 Å². The van der Waals surface area contributed by atoms with Crippen LogP contribution in [0.1, 0.15) is 23.5 Å². The zero-order chi connectivity index (χ0) is 21.4. The van der Waals surface area contributed by atoms with Gasteiger partial charge < -0.3 is 4.74 Å². The van der Waals surface area contributed by atoms with Gasteiger partial charge in [-0.1, -0.05) is 18.2 Å². The molecule has 8 heteroatoms. The number of likely N-dealkylation sites (tertiary alicyclic amines) is 1. The molecule has 1 spiro atoms. The average molecular weight is 419 g/mol. The van der Waals surface area contributed by atoms with Gasteiger partial charge >= 0.3 is 11.1 Å². The van der Waals surface area contributed by atoms with Gasteiger partial charge in [-0.2, -0.15) is 5.10 Å². The minimum atomic E-state index is -0.569. The minimum Gasteiger partial charge on any atom is -0.497 e. The zero-order valence-electron chi connectivity index (χ0n) is 17.5. The van der Waals surface area contributed by atoms with E-state index in [1.165, 1.54) is 4.68 Å². The van der Waals surface area contributed by atoms with Gasteiger partial charge in [0.15, 0.2) is 0 Å². The fourth-order valence-electron chi connectivity index (χ4n) is 4.77. The van der Waals surface area contributed by atoms with Crippen LogP contribution in [0, 0.1) is 5.41 Å². The highest BCUT2D eigenvalue weighted by Gasteiger charge is 2.44. The molecule has 31 heavy (non-hydrogen) atoms. The molecule has 160 valence electrons. The van der Waals surface area contributed by atoms with Crippen LogP contribution in [0.4, 0.5) is 0 Å². The van der Waals surface area contributed by atoms with E-state index < -0.39 is 11.1 Å². The molecule has 0 saturated carbocycles. The summed E-state index contributed by atoms with van der Waals surface area (Å²) in [6, 6.07) is 13.4. The summed E-state index contributed by atoms with van der Waals surface area (Å²) in [6.07, 6.45) is 3.51. The van der Waals surface area contributed by atoms with Gasteiger partial charge in [0.25, 0.3) is 0 Å². The lowest BCUT2D eigenvalue weighted by Gasteiger charge is -2.22. The van der Waals surface area contributed by atoms with E-state index in [0.29, 0.717) is 18.8 Å². The molecule has 0 radical (unpaired) electrons. The Hall–Kier alpha value is -3.26. The number of ether oxygens (including phenoxy) is 1. The van der Waals surface area contributed by atoms with E-state index in [9.17, 15) is 9.59 Å². The summed E-state index contributed by atoms with van der Waals surface area (Å²) < 4.78 is 8.07.